The molecule has 2 nitrogen and oxygen atoms in total. The van der Waals surface area contributed by atoms with Crippen molar-refractivity contribution in [3.8, 4) is 0 Å². The minimum Gasteiger partial charge on any atom is -0.374 e. The third-order valence-electron chi connectivity index (χ3n) is 2.95. The standard InChI is InChI=1S/C12H21NOS/c1-5-12(3,14-6-2)11(13-4)10-7-8-15-9-10/h7-9,11,13H,5-6H2,1-4H3. The summed E-state index contributed by atoms with van der Waals surface area (Å²) >= 11 is 1.73. The van der Waals surface area contributed by atoms with Gasteiger partial charge in [-0.2, -0.15) is 11.3 Å². The van der Waals surface area contributed by atoms with E-state index in [1.54, 1.807) is 11.3 Å². The molecule has 15 heavy (non-hydrogen) atoms. The van der Waals surface area contributed by atoms with Gasteiger partial charge in [0.1, 0.15) is 0 Å². The molecule has 0 amide bonds. The molecule has 0 bridgehead atoms. The van der Waals surface area contributed by atoms with Crippen molar-refractivity contribution in [2.75, 3.05) is 13.7 Å². The van der Waals surface area contributed by atoms with Crippen molar-refractivity contribution in [1.29, 1.82) is 0 Å². The Morgan fingerprint density at radius 1 is 1.53 bits per heavy atom. The highest BCUT2D eigenvalue weighted by molar-refractivity contribution is 7.07. The van der Waals surface area contributed by atoms with E-state index in [9.17, 15) is 0 Å². The van der Waals surface area contributed by atoms with Crippen LogP contribution in [0.15, 0.2) is 16.8 Å². The predicted molar refractivity (Wildman–Crippen MR) is 66.4 cm³/mol. The quantitative estimate of drug-likeness (QED) is 0.805. The van der Waals surface area contributed by atoms with E-state index < -0.39 is 0 Å². The highest BCUT2D eigenvalue weighted by atomic mass is 32.1. The molecule has 0 radical (unpaired) electrons. The van der Waals surface area contributed by atoms with E-state index in [0.29, 0.717) is 0 Å². The summed E-state index contributed by atoms with van der Waals surface area (Å²) in [4.78, 5) is 0. The Balaban J connectivity index is 2.88. The lowest BCUT2D eigenvalue weighted by atomic mass is 9.89. The first-order chi connectivity index (χ1) is 7.18. The number of likely N-dealkylation sites (N-methyl/N-ethyl adjacent to an activating group) is 1. The molecule has 0 aliphatic heterocycles. The van der Waals surface area contributed by atoms with Gasteiger partial charge in [-0.05, 0) is 49.7 Å². The number of hydrogen-bond donors (Lipinski definition) is 1. The summed E-state index contributed by atoms with van der Waals surface area (Å²) in [5, 5.41) is 7.66. The first-order valence-corrected chi connectivity index (χ1v) is 6.45. The topological polar surface area (TPSA) is 21.3 Å². The van der Waals surface area contributed by atoms with Gasteiger partial charge in [0, 0.05) is 6.61 Å². The van der Waals surface area contributed by atoms with Crippen LogP contribution in [0.25, 0.3) is 0 Å². The smallest absolute Gasteiger partial charge is 0.0845 e. The van der Waals surface area contributed by atoms with Gasteiger partial charge in [-0.3, -0.25) is 0 Å². The van der Waals surface area contributed by atoms with Crippen LogP contribution >= 0.6 is 11.3 Å². The summed E-state index contributed by atoms with van der Waals surface area (Å²) in [6, 6.07) is 2.44. The van der Waals surface area contributed by atoms with Crippen LogP contribution in [0.1, 0.15) is 38.8 Å². The van der Waals surface area contributed by atoms with E-state index in [2.05, 4.69) is 36.0 Å². The normalized spacial score (nSPS) is 17.3. The van der Waals surface area contributed by atoms with Crippen LogP contribution in [-0.2, 0) is 4.74 Å². The fraction of sp³-hybridized carbons (Fsp3) is 0.667. The van der Waals surface area contributed by atoms with Gasteiger partial charge in [0.25, 0.3) is 0 Å². The maximum atomic E-state index is 5.90. The predicted octanol–water partition coefficient (Wildman–Crippen LogP) is 3.21. The van der Waals surface area contributed by atoms with E-state index in [1.165, 1.54) is 5.56 Å². The molecule has 0 aliphatic carbocycles. The van der Waals surface area contributed by atoms with E-state index in [-0.39, 0.29) is 11.6 Å². The molecule has 1 aromatic rings. The Labute approximate surface area is 96.7 Å². The fourth-order valence-corrected chi connectivity index (χ4v) is 2.67. The largest absolute Gasteiger partial charge is 0.374 e. The number of thiophene rings is 1. The van der Waals surface area contributed by atoms with Gasteiger partial charge in [0.15, 0.2) is 0 Å². The number of nitrogens with one attached hydrogen (secondary N) is 1. The van der Waals surface area contributed by atoms with Crippen LogP contribution < -0.4 is 5.32 Å². The maximum Gasteiger partial charge on any atom is 0.0845 e. The zero-order chi connectivity index (χ0) is 11.3. The van der Waals surface area contributed by atoms with Crippen molar-refractivity contribution in [2.24, 2.45) is 0 Å². The minimum atomic E-state index is -0.120. The second-order valence-electron chi connectivity index (χ2n) is 3.88. The molecule has 0 saturated heterocycles. The maximum absolute atomic E-state index is 5.90. The van der Waals surface area contributed by atoms with Gasteiger partial charge < -0.3 is 10.1 Å². The number of rotatable bonds is 6. The minimum absolute atomic E-state index is 0.120. The Morgan fingerprint density at radius 2 is 2.27 bits per heavy atom. The van der Waals surface area contributed by atoms with E-state index in [1.807, 2.05) is 14.0 Å². The van der Waals surface area contributed by atoms with Crippen LogP contribution in [0.2, 0.25) is 0 Å². The SMILES string of the molecule is CCOC(C)(CC)C(NC)c1ccsc1. The average molecular weight is 227 g/mol. The Hall–Kier alpha value is -0.380. The van der Waals surface area contributed by atoms with E-state index >= 15 is 0 Å². The van der Waals surface area contributed by atoms with Gasteiger partial charge >= 0.3 is 0 Å². The Bertz CT molecular complexity index is 273. The third kappa shape index (κ3) is 2.80. The Kier molecular flexibility index (Phi) is 4.77. The molecule has 1 rings (SSSR count). The molecular weight excluding hydrogens is 206 g/mol. The number of ether oxygens (including phenoxy) is 1. The summed E-state index contributed by atoms with van der Waals surface area (Å²) < 4.78 is 5.90. The molecule has 1 heterocycles. The van der Waals surface area contributed by atoms with Crippen molar-refractivity contribution in [2.45, 2.75) is 38.8 Å². The molecule has 1 aromatic heterocycles. The molecule has 1 N–H and O–H groups in total. The molecule has 2 unspecified atom stereocenters. The summed E-state index contributed by atoms with van der Waals surface area (Å²) in [5.41, 5.74) is 1.20. The van der Waals surface area contributed by atoms with Crippen molar-refractivity contribution >= 4 is 11.3 Å². The summed E-state index contributed by atoms with van der Waals surface area (Å²) in [6.45, 7) is 7.16. The highest BCUT2D eigenvalue weighted by Crippen LogP contribution is 2.32. The summed E-state index contributed by atoms with van der Waals surface area (Å²) in [6.07, 6.45) is 1.00. The lowest BCUT2D eigenvalue weighted by molar-refractivity contribution is -0.0546. The molecule has 86 valence electrons. The van der Waals surface area contributed by atoms with E-state index in [4.69, 9.17) is 4.74 Å². The summed E-state index contributed by atoms with van der Waals surface area (Å²) in [5.74, 6) is 0. The lowest BCUT2D eigenvalue weighted by Crippen LogP contribution is -2.42. The molecule has 2 atom stereocenters. The van der Waals surface area contributed by atoms with Crippen LogP contribution in [-0.4, -0.2) is 19.3 Å². The van der Waals surface area contributed by atoms with Gasteiger partial charge in [-0.25, -0.2) is 0 Å². The molecule has 0 fully saturated rings. The zero-order valence-electron chi connectivity index (χ0n) is 10.0. The van der Waals surface area contributed by atoms with Crippen molar-refractivity contribution in [1.82, 2.24) is 5.32 Å². The first kappa shape index (κ1) is 12.7. The van der Waals surface area contributed by atoms with E-state index in [0.717, 1.165) is 13.0 Å². The third-order valence-corrected chi connectivity index (χ3v) is 3.65. The molecular formula is C12H21NOS. The summed E-state index contributed by atoms with van der Waals surface area (Å²) in [7, 11) is 2.00. The van der Waals surface area contributed by atoms with Crippen LogP contribution in [0, 0.1) is 0 Å². The van der Waals surface area contributed by atoms with Crippen LogP contribution in [0.4, 0.5) is 0 Å². The van der Waals surface area contributed by atoms with Gasteiger partial charge in [0.05, 0.1) is 11.6 Å². The van der Waals surface area contributed by atoms with Gasteiger partial charge in [-0.1, -0.05) is 6.92 Å². The monoisotopic (exact) mass is 227 g/mol. The lowest BCUT2D eigenvalue weighted by Gasteiger charge is -2.36. The van der Waals surface area contributed by atoms with Crippen molar-refractivity contribution in [3.63, 3.8) is 0 Å². The van der Waals surface area contributed by atoms with Crippen LogP contribution in [0.3, 0.4) is 0 Å². The first-order valence-electron chi connectivity index (χ1n) is 5.51. The van der Waals surface area contributed by atoms with Gasteiger partial charge in [0.2, 0.25) is 0 Å². The van der Waals surface area contributed by atoms with Crippen molar-refractivity contribution in [3.05, 3.63) is 22.4 Å². The molecule has 3 heteroatoms. The Morgan fingerprint density at radius 3 is 2.67 bits per heavy atom. The molecule has 0 aromatic carbocycles. The average Bonchev–Trinajstić information content (AvgIpc) is 2.72. The highest BCUT2D eigenvalue weighted by Gasteiger charge is 2.33. The molecule has 0 saturated carbocycles. The fourth-order valence-electron chi connectivity index (χ4n) is 1.98. The molecule has 0 aliphatic rings. The zero-order valence-corrected chi connectivity index (χ0v) is 10.9. The van der Waals surface area contributed by atoms with Crippen molar-refractivity contribution < 1.29 is 4.74 Å². The second kappa shape index (κ2) is 5.64. The second-order valence-corrected chi connectivity index (χ2v) is 4.66. The number of hydrogen-bond acceptors (Lipinski definition) is 3. The van der Waals surface area contributed by atoms with Gasteiger partial charge in [-0.15, -0.1) is 0 Å². The molecule has 0 spiro atoms. The van der Waals surface area contributed by atoms with Crippen LogP contribution in [0.5, 0.6) is 0 Å².